The van der Waals surface area contributed by atoms with Crippen molar-refractivity contribution in [3.63, 3.8) is 0 Å². The van der Waals surface area contributed by atoms with Crippen LogP contribution in [-0.2, 0) is 9.47 Å². The van der Waals surface area contributed by atoms with Gasteiger partial charge in [-0.1, -0.05) is 0 Å². The van der Waals surface area contributed by atoms with Crippen LogP contribution in [0.15, 0.2) is 0 Å². The van der Waals surface area contributed by atoms with Crippen molar-refractivity contribution in [2.75, 3.05) is 19.8 Å². The van der Waals surface area contributed by atoms with Crippen LogP contribution in [0.1, 0.15) is 20.8 Å². The molecule has 72 valence electrons. The van der Waals surface area contributed by atoms with Crippen LogP contribution in [-0.4, -0.2) is 38.0 Å². The monoisotopic (exact) mass is 173 g/mol. The summed E-state index contributed by atoms with van der Waals surface area (Å²) in [6.07, 6.45) is 0.538. The molecule has 0 aromatic rings. The third kappa shape index (κ3) is 3.52. The Morgan fingerprint density at radius 3 is 2.83 bits per heavy atom. The van der Waals surface area contributed by atoms with Gasteiger partial charge in [0.05, 0.1) is 25.4 Å². The zero-order valence-corrected chi connectivity index (χ0v) is 8.17. The van der Waals surface area contributed by atoms with Gasteiger partial charge in [0.1, 0.15) is 0 Å². The standard InChI is InChI=1S/C9H19NO2/c1-7(2)11-6-9-4-10-8(3)5-12-9/h7-10H,4-6H2,1-3H3/t8-,9+/m1/s1. The van der Waals surface area contributed by atoms with Crippen LogP contribution in [0.4, 0.5) is 0 Å². The number of hydrogen-bond acceptors (Lipinski definition) is 3. The van der Waals surface area contributed by atoms with Crippen molar-refractivity contribution in [2.24, 2.45) is 0 Å². The van der Waals surface area contributed by atoms with Gasteiger partial charge in [0, 0.05) is 12.6 Å². The van der Waals surface area contributed by atoms with Gasteiger partial charge >= 0.3 is 0 Å². The van der Waals surface area contributed by atoms with E-state index in [1.807, 2.05) is 13.8 Å². The van der Waals surface area contributed by atoms with E-state index in [0.29, 0.717) is 18.8 Å². The molecule has 12 heavy (non-hydrogen) atoms. The predicted molar refractivity (Wildman–Crippen MR) is 48.3 cm³/mol. The van der Waals surface area contributed by atoms with Crippen molar-refractivity contribution in [1.29, 1.82) is 0 Å². The molecule has 0 aliphatic carbocycles. The molecule has 0 unspecified atom stereocenters. The lowest BCUT2D eigenvalue weighted by Crippen LogP contribution is -2.46. The predicted octanol–water partition coefficient (Wildman–Crippen LogP) is 0.788. The maximum Gasteiger partial charge on any atom is 0.0933 e. The fourth-order valence-corrected chi connectivity index (χ4v) is 1.14. The highest BCUT2D eigenvalue weighted by molar-refractivity contribution is 4.72. The van der Waals surface area contributed by atoms with Gasteiger partial charge in [0.15, 0.2) is 0 Å². The SMILES string of the molecule is CC(C)OC[C@@H]1CN[C@H](C)CO1. The first-order valence-electron chi connectivity index (χ1n) is 4.65. The Morgan fingerprint density at radius 2 is 2.33 bits per heavy atom. The van der Waals surface area contributed by atoms with Crippen LogP contribution in [0.5, 0.6) is 0 Å². The molecule has 1 N–H and O–H groups in total. The number of ether oxygens (including phenoxy) is 2. The van der Waals surface area contributed by atoms with E-state index in [2.05, 4.69) is 12.2 Å². The number of morpholine rings is 1. The van der Waals surface area contributed by atoms with Gasteiger partial charge in [0.2, 0.25) is 0 Å². The van der Waals surface area contributed by atoms with E-state index >= 15 is 0 Å². The fourth-order valence-electron chi connectivity index (χ4n) is 1.14. The third-order valence-electron chi connectivity index (χ3n) is 1.89. The largest absolute Gasteiger partial charge is 0.376 e. The fraction of sp³-hybridized carbons (Fsp3) is 1.00. The molecule has 0 spiro atoms. The van der Waals surface area contributed by atoms with Crippen LogP contribution in [0, 0.1) is 0 Å². The molecule has 3 nitrogen and oxygen atoms in total. The first kappa shape index (κ1) is 9.96. The van der Waals surface area contributed by atoms with Gasteiger partial charge in [-0.2, -0.15) is 0 Å². The molecule has 1 saturated heterocycles. The molecule has 1 fully saturated rings. The first-order valence-corrected chi connectivity index (χ1v) is 4.65. The molecule has 1 aliphatic heterocycles. The summed E-state index contributed by atoms with van der Waals surface area (Å²) in [6, 6.07) is 0.486. The molecule has 1 aliphatic rings. The molecule has 0 bridgehead atoms. The maximum absolute atomic E-state index is 5.55. The minimum Gasteiger partial charge on any atom is -0.376 e. The lowest BCUT2D eigenvalue weighted by atomic mass is 10.2. The summed E-state index contributed by atoms with van der Waals surface area (Å²) in [4.78, 5) is 0. The first-order chi connectivity index (χ1) is 5.68. The number of hydrogen-bond donors (Lipinski definition) is 1. The summed E-state index contributed by atoms with van der Waals surface area (Å²) >= 11 is 0. The molecule has 2 atom stereocenters. The Morgan fingerprint density at radius 1 is 1.58 bits per heavy atom. The van der Waals surface area contributed by atoms with Crippen LogP contribution in [0.3, 0.4) is 0 Å². The second kappa shape index (κ2) is 4.80. The van der Waals surface area contributed by atoms with Gasteiger partial charge in [-0.15, -0.1) is 0 Å². The minimum atomic E-state index is 0.239. The van der Waals surface area contributed by atoms with Crippen molar-refractivity contribution >= 4 is 0 Å². The molecule has 0 amide bonds. The van der Waals surface area contributed by atoms with Crippen molar-refractivity contribution in [3.05, 3.63) is 0 Å². The Bertz CT molecular complexity index is 120. The lowest BCUT2D eigenvalue weighted by molar-refractivity contribution is -0.0575. The molecule has 3 heteroatoms. The van der Waals surface area contributed by atoms with Crippen molar-refractivity contribution < 1.29 is 9.47 Å². The Hall–Kier alpha value is -0.120. The second-order valence-electron chi connectivity index (χ2n) is 3.65. The highest BCUT2D eigenvalue weighted by atomic mass is 16.5. The van der Waals surface area contributed by atoms with Crippen molar-refractivity contribution in [3.8, 4) is 0 Å². The summed E-state index contributed by atoms with van der Waals surface area (Å²) in [6.45, 7) is 8.62. The van der Waals surface area contributed by atoms with E-state index < -0.39 is 0 Å². The Labute approximate surface area is 74.4 Å². The van der Waals surface area contributed by atoms with Crippen LogP contribution >= 0.6 is 0 Å². The molecular weight excluding hydrogens is 154 g/mol. The topological polar surface area (TPSA) is 30.5 Å². The van der Waals surface area contributed by atoms with Crippen LogP contribution in [0.2, 0.25) is 0 Å². The van der Waals surface area contributed by atoms with Crippen LogP contribution in [0.25, 0.3) is 0 Å². The average molecular weight is 173 g/mol. The second-order valence-corrected chi connectivity index (χ2v) is 3.65. The average Bonchev–Trinajstić information content (AvgIpc) is 2.03. The summed E-state index contributed by atoms with van der Waals surface area (Å²) in [5.41, 5.74) is 0. The lowest BCUT2D eigenvalue weighted by Gasteiger charge is -2.28. The molecular formula is C9H19NO2. The number of nitrogens with one attached hydrogen (secondary N) is 1. The smallest absolute Gasteiger partial charge is 0.0933 e. The van der Waals surface area contributed by atoms with Crippen molar-refractivity contribution in [2.45, 2.75) is 39.0 Å². The zero-order chi connectivity index (χ0) is 8.97. The van der Waals surface area contributed by atoms with E-state index in [1.54, 1.807) is 0 Å². The highest BCUT2D eigenvalue weighted by Gasteiger charge is 2.17. The van der Waals surface area contributed by atoms with E-state index in [4.69, 9.17) is 9.47 Å². The molecule has 0 aromatic heterocycles. The van der Waals surface area contributed by atoms with E-state index in [1.165, 1.54) is 0 Å². The maximum atomic E-state index is 5.55. The summed E-state index contributed by atoms with van der Waals surface area (Å²) < 4.78 is 11.0. The van der Waals surface area contributed by atoms with E-state index in [0.717, 1.165) is 13.2 Å². The molecule has 0 aromatic carbocycles. The van der Waals surface area contributed by atoms with Crippen LogP contribution < -0.4 is 5.32 Å². The third-order valence-corrected chi connectivity index (χ3v) is 1.89. The van der Waals surface area contributed by atoms with Gasteiger partial charge in [-0.25, -0.2) is 0 Å². The summed E-state index contributed by atoms with van der Waals surface area (Å²) in [7, 11) is 0. The quantitative estimate of drug-likeness (QED) is 0.684. The van der Waals surface area contributed by atoms with Gasteiger partial charge in [-0.3, -0.25) is 0 Å². The van der Waals surface area contributed by atoms with Crippen molar-refractivity contribution in [1.82, 2.24) is 5.32 Å². The van der Waals surface area contributed by atoms with Gasteiger partial charge in [0.25, 0.3) is 0 Å². The van der Waals surface area contributed by atoms with E-state index in [9.17, 15) is 0 Å². The molecule has 1 rings (SSSR count). The number of rotatable bonds is 3. The normalized spacial score (nSPS) is 31.0. The zero-order valence-electron chi connectivity index (χ0n) is 8.17. The summed E-state index contributed by atoms with van der Waals surface area (Å²) in [5, 5.41) is 3.35. The van der Waals surface area contributed by atoms with E-state index in [-0.39, 0.29) is 6.10 Å². The van der Waals surface area contributed by atoms with Gasteiger partial charge in [-0.05, 0) is 20.8 Å². The summed E-state index contributed by atoms with van der Waals surface area (Å²) in [5.74, 6) is 0. The highest BCUT2D eigenvalue weighted by Crippen LogP contribution is 2.02. The molecule has 1 heterocycles. The van der Waals surface area contributed by atoms with Gasteiger partial charge < -0.3 is 14.8 Å². The Balaban J connectivity index is 2.09. The Kier molecular flexibility index (Phi) is 3.98. The molecule has 0 radical (unpaired) electrons. The molecule has 0 saturated carbocycles. The minimum absolute atomic E-state index is 0.239.